The molecule has 0 aliphatic heterocycles. The van der Waals surface area contributed by atoms with Gasteiger partial charge in [0, 0.05) is 18.6 Å². The van der Waals surface area contributed by atoms with Crippen LogP contribution < -0.4 is 5.32 Å². The maximum absolute atomic E-state index is 12.7. The van der Waals surface area contributed by atoms with Crippen LogP contribution in [0.2, 0.25) is 0 Å². The molecule has 1 aliphatic carbocycles. The Morgan fingerprint density at radius 2 is 1.90 bits per heavy atom. The summed E-state index contributed by atoms with van der Waals surface area (Å²) in [5, 5.41) is 3.54. The normalized spacial score (nSPS) is 27.6. The van der Waals surface area contributed by atoms with E-state index >= 15 is 0 Å². The zero-order valence-corrected chi connectivity index (χ0v) is 13.8. The lowest BCUT2D eigenvalue weighted by molar-refractivity contribution is -0.151. The van der Waals surface area contributed by atoms with Crippen molar-refractivity contribution in [2.45, 2.75) is 71.6 Å². The Kier molecular flexibility index (Phi) is 7.48. The molecule has 0 aromatic heterocycles. The second-order valence-corrected chi connectivity index (χ2v) is 6.88. The molecule has 0 bridgehead atoms. The number of alkyl halides is 3. The van der Waals surface area contributed by atoms with Crippen molar-refractivity contribution in [3.63, 3.8) is 0 Å². The third-order valence-electron chi connectivity index (χ3n) is 4.48. The van der Waals surface area contributed by atoms with Crippen LogP contribution in [-0.2, 0) is 0 Å². The SMILES string of the molecule is CCCNC1CCC(C)CC1CN(CC(F)(F)F)C(C)C. The number of nitrogens with one attached hydrogen (secondary N) is 1. The smallest absolute Gasteiger partial charge is 0.314 e. The fourth-order valence-electron chi connectivity index (χ4n) is 3.29. The van der Waals surface area contributed by atoms with Gasteiger partial charge in [-0.15, -0.1) is 0 Å². The van der Waals surface area contributed by atoms with Crippen molar-refractivity contribution in [3.8, 4) is 0 Å². The van der Waals surface area contributed by atoms with Gasteiger partial charge in [0.25, 0.3) is 0 Å². The monoisotopic (exact) mass is 308 g/mol. The highest BCUT2D eigenvalue weighted by Gasteiger charge is 2.35. The van der Waals surface area contributed by atoms with E-state index in [-0.39, 0.29) is 6.04 Å². The summed E-state index contributed by atoms with van der Waals surface area (Å²) in [6.07, 6.45) is 0.247. The average molecular weight is 308 g/mol. The van der Waals surface area contributed by atoms with Crippen molar-refractivity contribution in [2.24, 2.45) is 11.8 Å². The van der Waals surface area contributed by atoms with E-state index in [0.717, 1.165) is 25.8 Å². The predicted octanol–water partition coefficient (Wildman–Crippen LogP) is 4.06. The standard InChI is InChI=1S/C16H31F3N2/c1-5-8-20-15-7-6-13(4)9-14(15)10-21(12(2)3)11-16(17,18)19/h12-15,20H,5-11H2,1-4H3. The highest BCUT2D eigenvalue weighted by molar-refractivity contribution is 4.86. The maximum Gasteiger partial charge on any atom is 0.401 e. The summed E-state index contributed by atoms with van der Waals surface area (Å²) in [4.78, 5) is 1.59. The lowest BCUT2D eigenvalue weighted by atomic mass is 9.78. The first kappa shape index (κ1) is 18.8. The Hall–Kier alpha value is -0.290. The van der Waals surface area contributed by atoms with Gasteiger partial charge in [-0.1, -0.05) is 13.8 Å². The van der Waals surface area contributed by atoms with Gasteiger partial charge in [-0.3, -0.25) is 4.90 Å². The molecule has 1 aliphatic rings. The summed E-state index contributed by atoms with van der Waals surface area (Å²) in [5.41, 5.74) is 0. The van der Waals surface area contributed by atoms with Crippen LogP contribution in [0.5, 0.6) is 0 Å². The zero-order chi connectivity index (χ0) is 16.0. The molecule has 21 heavy (non-hydrogen) atoms. The van der Waals surface area contributed by atoms with Gasteiger partial charge in [-0.25, -0.2) is 0 Å². The van der Waals surface area contributed by atoms with Gasteiger partial charge in [0.15, 0.2) is 0 Å². The minimum atomic E-state index is -4.11. The van der Waals surface area contributed by atoms with E-state index in [1.165, 1.54) is 6.42 Å². The third kappa shape index (κ3) is 7.00. The van der Waals surface area contributed by atoms with Gasteiger partial charge < -0.3 is 5.32 Å². The molecule has 0 spiro atoms. The minimum absolute atomic E-state index is 0.0734. The molecule has 0 heterocycles. The molecular weight excluding hydrogens is 277 g/mol. The summed E-state index contributed by atoms with van der Waals surface area (Å²) >= 11 is 0. The summed E-state index contributed by atoms with van der Waals surface area (Å²) < 4.78 is 38.2. The Balaban J connectivity index is 2.67. The first-order valence-electron chi connectivity index (χ1n) is 8.27. The molecule has 0 amide bonds. The molecule has 0 radical (unpaired) electrons. The van der Waals surface area contributed by atoms with Crippen LogP contribution in [-0.4, -0.2) is 42.8 Å². The highest BCUT2D eigenvalue weighted by atomic mass is 19.4. The molecule has 3 atom stereocenters. The second kappa shape index (κ2) is 8.37. The number of halogens is 3. The molecule has 126 valence electrons. The third-order valence-corrected chi connectivity index (χ3v) is 4.48. The number of hydrogen-bond acceptors (Lipinski definition) is 2. The van der Waals surface area contributed by atoms with Crippen molar-refractivity contribution in [1.82, 2.24) is 10.2 Å². The number of hydrogen-bond donors (Lipinski definition) is 1. The topological polar surface area (TPSA) is 15.3 Å². The van der Waals surface area contributed by atoms with Crippen molar-refractivity contribution >= 4 is 0 Å². The highest BCUT2D eigenvalue weighted by Crippen LogP contribution is 2.31. The lowest BCUT2D eigenvalue weighted by Gasteiger charge is -2.40. The fourth-order valence-corrected chi connectivity index (χ4v) is 3.29. The molecule has 3 unspecified atom stereocenters. The first-order chi connectivity index (χ1) is 9.73. The molecule has 5 heteroatoms. The summed E-state index contributed by atoms with van der Waals surface area (Å²) in [5.74, 6) is 0.944. The van der Waals surface area contributed by atoms with Crippen LogP contribution in [0.25, 0.3) is 0 Å². The van der Waals surface area contributed by atoms with Crippen LogP contribution >= 0.6 is 0 Å². The average Bonchev–Trinajstić information content (AvgIpc) is 2.35. The molecule has 1 rings (SSSR count). The Morgan fingerprint density at radius 1 is 1.24 bits per heavy atom. The van der Waals surface area contributed by atoms with Crippen molar-refractivity contribution in [1.29, 1.82) is 0 Å². The van der Waals surface area contributed by atoms with Crippen LogP contribution in [0.3, 0.4) is 0 Å². The van der Waals surface area contributed by atoms with E-state index < -0.39 is 12.7 Å². The Labute approximate surface area is 127 Å². The summed E-state index contributed by atoms with van der Waals surface area (Å²) in [7, 11) is 0. The Morgan fingerprint density at radius 3 is 2.43 bits per heavy atom. The zero-order valence-electron chi connectivity index (χ0n) is 13.8. The van der Waals surface area contributed by atoms with Crippen LogP contribution in [0.1, 0.15) is 53.4 Å². The van der Waals surface area contributed by atoms with Crippen LogP contribution in [0, 0.1) is 11.8 Å². The molecule has 0 saturated heterocycles. The quantitative estimate of drug-likeness (QED) is 0.763. The van der Waals surface area contributed by atoms with E-state index in [9.17, 15) is 13.2 Å². The molecule has 1 N–H and O–H groups in total. The first-order valence-corrected chi connectivity index (χ1v) is 8.27. The van der Waals surface area contributed by atoms with E-state index in [1.54, 1.807) is 4.90 Å². The molecule has 0 aromatic rings. The summed E-state index contributed by atoms with van der Waals surface area (Å²) in [6.45, 7) is 8.75. The van der Waals surface area contributed by atoms with E-state index in [4.69, 9.17) is 0 Å². The molecule has 2 nitrogen and oxygen atoms in total. The van der Waals surface area contributed by atoms with Gasteiger partial charge in [0.05, 0.1) is 6.54 Å². The van der Waals surface area contributed by atoms with Crippen LogP contribution in [0.4, 0.5) is 13.2 Å². The van der Waals surface area contributed by atoms with Gasteiger partial charge >= 0.3 is 6.18 Å². The van der Waals surface area contributed by atoms with Crippen LogP contribution in [0.15, 0.2) is 0 Å². The Bertz CT molecular complexity index is 290. The minimum Gasteiger partial charge on any atom is -0.314 e. The van der Waals surface area contributed by atoms with E-state index in [1.807, 2.05) is 13.8 Å². The molecular formula is C16H31F3N2. The molecule has 0 aromatic carbocycles. The number of rotatable bonds is 7. The van der Waals surface area contributed by atoms with Gasteiger partial charge in [0.2, 0.25) is 0 Å². The van der Waals surface area contributed by atoms with Crippen molar-refractivity contribution in [2.75, 3.05) is 19.6 Å². The van der Waals surface area contributed by atoms with Crippen molar-refractivity contribution < 1.29 is 13.2 Å². The van der Waals surface area contributed by atoms with E-state index in [0.29, 0.717) is 24.4 Å². The maximum atomic E-state index is 12.7. The largest absolute Gasteiger partial charge is 0.401 e. The van der Waals surface area contributed by atoms with Gasteiger partial charge in [-0.05, 0) is 57.9 Å². The van der Waals surface area contributed by atoms with Crippen molar-refractivity contribution in [3.05, 3.63) is 0 Å². The van der Waals surface area contributed by atoms with Gasteiger partial charge in [-0.2, -0.15) is 13.2 Å². The predicted molar refractivity (Wildman–Crippen MR) is 81.4 cm³/mol. The van der Waals surface area contributed by atoms with E-state index in [2.05, 4.69) is 19.2 Å². The summed E-state index contributed by atoms with van der Waals surface area (Å²) in [6, 6.07) is 0.298. The molecule has 1 saturated carbocycles. The molecule has 1 fully saturated rings. The lowest BCUT2D eigenvalue weighted by Crippen LogP contribution is -2.49. The fraction of sp³-hybridized carbons (Fsp3) is 1.00. The second-order valence-electron chi connectivity index (χ2n) is 6.88. The van der Waals surface area contributed by atoms with Gasteiger partial charge in [0.1, 0.15) is 0 Å². The number of nitrogens with zero attached hydrogens (tertiary/aromatic N) is 1.